The van der Waals surface area contributed by atoms with Crippen LogP contribution in [-0.2, 0) is 4.74 Å². The lowest BCUT2D eigenvalue weighted by atomic mass is 10.1. The first-order valence-electron chi connectivity index (χ1n) is 7.16. The summed E-state index contributed by atoms with van der Waals surface area (Å²) in [6.45, 7) is 9.01. The monoisotopic (exact) mass is 297 g/mol. The second-order valence-electron chi connectivity index (χ2n) is 5.56. The maximum atomic E-state index is 11.8. The van der Waals surface area contributed by atoms with Gasteiger partial charge in [0, 0.05) is 26.2 Å². The molecule has 1 aliphatic heterocycles. The Morgan fingerprint density at radius 1 is 1.65 bits per heavy atom. The van der Waals surface area contributed by atoms with Crippen molar-refractivity contribution >= 4 is 17.2 Å². The number of ether oxygens (including phenoxy) is 1. The molecule has 0 aromatic carbocycles. The summed E-state index contributed by atoms with van der Waals surface area (Å²) in [5.74, 6) is 0.641. The van der Waals surface area contributed by atoms with E-state index in [9.17, 15) is 4.79 Å². The lowest BCUT2D eigenvalue weighted by molar-refractivity contribution is -0.0344. The molecule has 6 heteroatoms. The van der Waals surface area contributed by atoms with E-state index in [0.717, 1.165) is 32.7 Å². The highest BCUT2D eigenvalue weighted by molar-refractivity contribution is 7.11. The van der Waals surface area contributed by atoms with Crippen LogP contribution in [0.15, 0.2) is 11.7 Å². The molecule has 0 bridgehead atoms. The van der Waals surface area contributed by atoms with E-state index in [2.05, 4.69) is 29.0 Å². The molecule has 20 heavy (non-hydrogen) atoms. The van der Waals surface area contributed by atoms with Crippen molar-refractivity contribution in [2.75, 3.05) is 32.8 Å². The van der Waals surface area contributed by atoms with Crippen LogP contribution < -0.4 is 5.32 Å². The molecule has 2 rings (SSSR count). The fraction of sp³-hybridized carbons (Fsp3) is 0.714. The van der Waals surface area contributed by atoms with Gasteiger partial charge in [-0.05, 0) is 12.3 Å². The third kappa shape index (κ3) is 4.85. The predicted molar refractivity (Wildman–Crippen MR) is 80.1 cm³/mol. The normalized spacial score (nSPS) is 20.2. The molecule has 0 aliphatic carbocycles. The van der Waals surface area contributed by atoms with Crippen LogP contribution in [0.4, 0.5) is 0 Å². The topological polar surface area (TPSA) is 54.5 Å². The van der Waals surface area contributed by atoms with Crippen LogP contribution in [0.5, 0.6) is 0 Å². The van der Waals surface area contributed by atoms with Gasteiger partial charge in [-0.25, -0.2) is 0 Å². The molecule has 1 aromatic rings. The van der Waals surface area contributed by atoms with E-state index in [1.165, 1.54) is 11.3 Å². The summed E-state index contributed by atoms with van der Waals surface area (Å²) in [6.07, 6.45) is 2.69. The van der Waals surface area contributed by atoms with E-state index >= 15 is 0 Å². The molecule has 1 N–H and O–H groups in total. The molecule has 0 radical (unpaired) electrons. The number of nitrogens with one attached hydrogen (secondary N) is 1. The van der Waals surface area contributed by atoms with E-state index < -0.39 is 0 Å². The molecule has 5 nitrogen and oxygen atoms in total. The van der Waals surface area contributed by atoms with Gasteiger partial charge in [0.25, 0.3) is 5.91 Å². The first-order valence-corrected chi connectivity index (χ1v) is 8.03. The van der Waals surface area contributed by atoms with Crippen molar-refractivity contribution in [1.82, 2.24) is 15.2 Å². The van der Waals surface area contributed by atoms with Gasteiger partial charge in [0.15, 0.2) is 0 Å². The molecular formula is C14H23N3O2S. The van der Waals surface area contributed by atoms with Gasteiger partial charge in [-0.3, -0.25) is 14.7 Å². The molecule has 1 fully saturated rings. The first kappa shape index (κ1) is 15.4. The van der Waals surface area contributed by atoms with Crippen LogP contribution in [0.1, 0.15) is 29.9 Å². The Balaban J connectivity index is 1.67. The molecule has 0 unspecified atom stereocenters. The average molecular weight is 297 g/mol. The number of amides is 1. The Kier molecular flexibility index (Phi) is 5.94. The van der Waals surface area contributed by atoms with Crippen LogP contribution in [0.3, 0.4) is 0 Å². The Bertz CT molecular complexity index is 409. The number of thiazole rings is 1. The van der Waals surface area contributed by atoms with Gasteiger partial charge in [0.05, 0.1) is 24.4 Å². The van der Waals surface area contributed by atoms with Crippen molar-refractivity contribution < 1.29 is 9.53 Å². The van der Waals surface area contributed by atoms with Crippen LogP contribution >= 0.6 is 11.3 Å². The maximum absolute atomic E-state index is 11.8. The van der Waals surface area contributed by atoms with Crippen LogP contribution in [0.25, 0.3) is 0 Å². The zero-order chi connectivity index (χ0) is 14.4. The molecule has 2 heterocycles. The van der Waals surface area contributed by atoms with E-state index in [-0.39, 0.29) is 12.0 Å². The Morgan fingerprint density at radius 3 is 3.20 bits per heavy atom. The number of morpholine rings is 1. The van der Waals surface area contributed by atoms with Crippen LogP contribution in [0.2, 0.25) is 0 Å². The lowest BCUT2D eigenvalue weighted by Gasteiger charge is -2.33. The molecule has 1 aromatic heterocycles. The van der Waals surface area contributed by atoms with Gasteiger partial charge in [0.1, 0.15) is 4.88 Å². The molecule has 1 saturated heterocycles. The van der Waals surface area contributed by atoms with E-state index in [4.69, 9.17) is 4.74 Å². The van der Waals surface area contributed by atoms with Crippen molar-refractivity contribution in [3.8, 4) is 0 Å². The smallest absolute Gasteiger partial charge is 0.262 e. The molecular weight excluding hydrogens is 274 g/mol. The number of hydrogen-bond acceptors (Lipinski definition) is 5. The van der Waals surface area contributed by atoms with Crippen LogP contribution in [-0.4, -0.2) is 54.7 Å². The molecule has 0 saturated carbocycles. The number of rotatable bonds is 6. The zero-order valence-corrected chi connectivity index (χ0v) is 13.0. The summed E-state index contributed by atoms with van der Waals surface area (Å²) in [5, 5.41) is 2.92. The summed E-state index contributed by atoms with van der Waals surface area (Å²) in [7, 11) is 0. The lowest BCUT2D eigenvalue weighted by Crippen LogP contribution is -2.45. The minimum absolute atomic E-state index is 0.0395. The van der Waals surface area contributed by atoms with Crippen molar-refractivity contribution in [3.05, 3.63) is 16.6 Å². The number of nitrogens with zero attached hydrogens (tertiary/aromatic N) is 2. The van der Waals surface area contributed by atoms with Crippen LogP contribution in [0, 0.1) is 5.92 Å². The third-order valence-corrected chi connectivity index (χ3v) is 4.03. The summed E-state index contributed by atoms with van der Waals surface area (Å²) in [6, 6.07) is 0. The molecule has 1 aliphatic rings. The zero-order valence-electron chi connectivity index (χ0n) is 12.2. The van der Waals surface area contributed by atoms with Crippen molar-refractivity contribution in [1.29, 1.82) is 0 Å². The van der Waals surface area contributed by atoms with Gasteiger partial charge >= 0.3 is 0 Å². The summed E-state index contributed by atoms with van der Waals surface area (Å²) in [4.78, 5) is 18.8. The third-order valence-electron chi connectivity index (χ3n) is 3.25. The minimum Gasteiger partial charge on any atom is -0.375 e. The minimum atomic E-state index is -0.0395. The van der Waals surface area contributed by atoms with Gasteiger partial charge < -0.3 is 10.1 Å². The standard InChI is InChI=1S/C14H23N3O2S/c1-11(2)8-17-5-6-19-12(9-17)3-4-16-14(18)13-7-15-10-20-13/h7,10-12H,3-6,8-9H2,1-2H3,(H,16,18)/t12-/m1/s1. The largest absolute Gasteiger partial charge is 0.375 e. The quantitative estimate of drug-likeness (QED) is 0.867. The number of carbonyl (C=O) groups excluding carboxylic acids is 1. The highest BCUT2D eigenvalue weighted by Crippen LogP contribution is 2.10. The van der Waals surface area contributed by atoms with Gasteiger partial charge in [0.2, 0.25) is 0 Å². The van der Waals surface area contributed by atoms with Gasteiger partial charge in [-0.15, -0.1) is 11.3 Å². The van der Waals surface area contributed by atoms with Gasteiger partial charge in [-0.2, -0.15) is 0 Å². The molecule has 1 amide bonds. The predicted octanol–water partition coefficient (Wildman–Crippen LogP) is 1.62. The highest BCUT2D eigenvalue weighted by atomic mass is 32.1. The maximum Gasteiger partial charge on any atom is 0.262 e. The average Bonchev–Trinajstić information content (AvgIpc) is 2.92. The van der Waals surface area contributed by atoms with Crippen molar-refractivity contribution in [2.45, 2.75) is 26.4 Å². The summed E-state index contributed by atoms with van der Waals surface area (Å²) >= 11 is 1.36. The second-order valence-corrected chi connectivity index (χ2v) is 6.44. The van der Waals surface area contributed by atoms with E-state index in [1.807, 2.05) is 0 Å². The molecule has 1 atom stereocenters. The fourth-order valence-electron chi connectivity index (χ4n) is 2.40. The number of hydrogen-bond donors (Lipinski definition) is 1. The summed E-state index contributed by atoms with van der Waals surface area (Å²) < 4.78 is 5.76. The van der Waals surface area contributed by atoms with Crippen molar-refractivity contribution in [2.24, 2.45) is 5.92 Å². The highest BCUT2D eigenvalue weighted by Gasteiger charge is 2.20. The Morgan fingerprint density at radius 2 is 2.50 bits per heavy atom. The van der Waals surface area contributed by atoms with Crippen molar-refractivity contribution in [3.63, 3.8) is 0 Å². The number of carbonyl (C=O) groups is 1. The first-order chi connectivity index (χ1) is 9.65. The Hall–Kier alpha value is -0.980. The van der Waals surface area contributed by atoms with E-state index in [0.29, 0.717) is 17.3 Å². The van der Waals surface area contributed by atoms with Gasteiger partial charge in [-0.1, -0.05) is 13.8 Å². The van der Waals surface area contributed by atoms with E-state index in [1.54, 1.807) is 11.7 Å². The Labute approximate surface area is 124 Å². The second kappa shape index (κ2) is 7.71. The fourth-order valence-corrected chi connectivity index (χ4v) is 2.94. The number of aromatic nitrogens is 1. The molecule has 0 spiro atoms. The summed E-state index contributed by atoms with van der Waals surface area (Å²) in [5.41, 5.74) is 1.67. The SMILES string of the molecule is CC(C)CN1CCO[C@H](CCNC(=O)c2cncs2)C1. The molecule has 112 valence electrons.